The van der Waals surface area contributed by atoms with Crippen molar-refractivity contribution in [2.75, 3.05) is 13.1 Å². The number of nitrogens with zero attached hydrogens (tertiary/aromatic N) is 1. The Kier molecular flexibility index (Phi) is 8.38. The molecule has 0 spiro atoms. The normalized spacial score (nSPS) is 17.5. The first-order valence-corrected chi connectivity index (χ1v) is 11.9. The minimum absolute atomic E-state index is 0.00674. The van der Waals surface area contributed by atoms with Crippen LogP contribution in [0.3, 0.4) is 0 Å². The van der Waals surface area contributed by atoms with Gasteiger partial charge in [0.25, 0.3) is 0 Å². The largest absolute Gasteiger partial charge is 0.489 e. The predicted octanol–water partition coefficient (Wildman–Crippen LogP) is 5.32. The van der Waals surface area contributed by atoms with Crippen molar-refractivity contribution in [1.29, 1.82) is 0 Å². The van der Waals surface area contributed by atoms with Crippen LogP contribution >= 0.6 is 11.6 Å². The van der Waals surface area contributed by atoms with Gasteiger partial charge in [-0.05, 0) is 62.1 Å². The average Bonchev–Trinajstić information content (AvgIpc) is 3.26. The summed E-state index contributed by atoms with van der Waals surface area (Å²) in [6, 6.07) is 13.9. The molecule has 0 aromatic heterocycles. The third-order valence-electron chi connectivity index (χ3n) is 6.76. The lowest BCUT2D eigenvalue weighted by Crippen LogP contribution is -2.50. The Bertz CT molecular complexity index is 959. The monoisotopic (exact) mass is 472 g/mol. The Labute approximate surface area is 200 Å². The molecule has 178 valence electrons. The number of rotatable bonds is 10. The first kappa shape index (κ1) is 25.1. The van der Waals surface area contributed by atoms with Gasteiger partial charge in [-0.3, -0.25) is 9.69 Å². The van der Waals surface area contributed by atoms with Crippen molar-refractivity contribution in [1.82, 2.24) is 10.2 Å². The second kappa shape index (κ2) is 11.0. The average molecular weight is 473 g/mol. The van der Waals surface area contributed by atoms with Gasteiger partial charge in [-0.1, -0.05) is 43.6 Å². The van der Waals surface area contributed by atoms with Crippen LogP contribution in [0.2, 0.25) is 5.02 Å². The van der Waals surface area contributed by atoms with Gasteiger partial charge < -0.3 is 15.2 Å². The van der Waals surface area contributed by atoms with Crippen LogP contribution in [0.1, 0.15) is 68.4 Å². The van der Waals surface area contributed by atoms with E-state index in [1.54, 1.807) is 24.3 Å². The van der Waals surface area contributed by atoms with E-state index < -0.39 is 5.97 Å². The number of carboxylic acids is 1. The summed E-state index contributed by atoms with van der Waals surface area (Å²) in [5.74, 6) is -0.196. The number of amides is 1. The lowest BCUT2D eigenvalue weighted by molar-refractivity contribution is -0.125. The summed E-state index contributed by atoms with van der Waals surface area (Å²) in [7, 11) is 0. The number of nitrogens with one attached hydrogen (secondary N) is 1. The van der Waals surface area contributed by atoms with Gasteiger partial charge in [0.1, 0.15) is 11.9 Å². The van der Waals surface area contributed by atoms with Crippen molar-refractivity contribution < 1.29 is 19.4 Å². The zero-order valence-corrected chi connectivity index (χ0v) is 20.3. The van der Waals surface area contributed by atoms with Crippen LogP contribution < -0.4 is 10.1 Å². The Hall–Kier alpha value is -2.57. The summed E-state index contributed by atoms with van der Waals surface area (Å²) in [6.45, 7) is 7.84. The van der Waals surface area contributed by atoms with Gasteiger partial charge in [0.15, 0.2) is 0 Å². The number of halogens is 1. The molecule has 3 rings (SSSR count). The molecule has 2 atom stereocenters. The molecule has 2 aromatic rings. The fourth-order valence-electron chi connectivity index (χ4n) is 4.64. The third kappa shape index (κ3) is 6.27. The van der Waals surface area contributed by atoms with E-state index in [9.17, 15) is 9.59 Å². The lowest BCUT2D eigenvalue weighted by Gasteiger charge is -2.40. The summed E-state index contributed by atoms with van der Waals surface area (Å²) in [4.78, 5) is 26.5. The first-order chi connectivity index (χ1) is 15.8. The van der Waals surface area contributed by atoms with E-state index in [4.69, 9.17) is 21.4 Å². The molecule has 1 saturated heterocycles. The van der Waals surface area contributed by atoms with Crippen molar-refractivity contribution in [2.24, 2.45) is 0 Å². The third-order valence-corrected chi connectivity index (χ3v) is 6.99. The van der Waals surface area contributed by atoms with Gasteiger partial charge in [0.2, 0.25) is 5.91 Å². The molecule has 7 heteroatoms. The maximum Gasteiger partial charge on any atom is 0.335 e. The fourth-order valence-corrected chi connectivity index (χ4v) is 4.82. The molecule has 0 saturated carbocycles. The predicted molar refractivity (Wildman–Crippen MR) is 130 cm³/mol. The number of aromatic carboxylic acids is 1. The maximum atomic E-state index is 13.0. The summed E-state index contributed by atoms with van der Waals surface area (Å²) in [5, 5.41) is 12.8. The van der Waals surface area contributed by atoms with Gasteiger partial charge >= 0.3 is 5.97 Å². The van der Waals surface area contributed by atoms with Gasteiger partial charge in [-0.15, -0.1) is 0 Å². The van der Waals surface area contributed by atoms with Crippen LogP contribution in [0, 0.1) is 0 Å². The summed E-state index contributed by atoms with van der Waals surface area (Å²) in [5.41, 5.74) is 0.878. The molecule has 33 heavy (non-hydrogen) atoms. The van der Waals surface area contributed by atoms with E-state index in [1.807, 2.05) is 31.2 Å². The SMILES string of the molecule is CCC(CC)(CC(=O)N[C@@H](C)c1ccc(C(=O)O)cc1)N1CC[C@@H](Oc2cccc(Cl)c2)C1. The van der Waals surface area contributed by atoms with Crippen LogP contribution in [0.4, 0.5) is 0 Å². The van der Waals surface area contributed by atoms with E-state index in [2.05, 4.69) is 24.1 Å². The van der Waals surface area contributed by atoms with E-state index >= 15 is 0 Å². The van der Waals surface area contributed by atoms with E-state index in [-0.39, 0.29) is 29.2 Å². The van der Waals surface area contributed by atoms with Gasteiger partial charge in [0, 0.05) is 30.1 Å². The van der Waals surface area contributed by atoms with Crippen molar-refractivity contribution in [2.45, 2.75) is 64.1 Å². The molecule has 1 amide bonds. The number of benzene rings is 2. The number of carbonyl (C=O) groups excluding carboxylic acids is 1. The molecular weight excluding hydrogens is 440 g/mol. The van der Waals surface area contributed by atoms with E-state index in [0.717, 1.165) is 43.7 Å². The van der Waals surface area contributed by atoms with Crippen molar-refractivity contribution >= 4 is 23.5 Å². The Morgan fingerprint density at radius 3 is 2.52 bits per heavy atom. The highest BCUT2D eigenvalue weighted by atomic mass is 35.5. The zero-order chi connectivity index (χ0) is 24.0. The van der Waals surface area contributed by atoms with Crippen molar-refractivity contribution in [3.63, 3.8) is 0 Å². The van der Waals surface area contributed by atoms with Gasteiger partial charge in [0.05, 0.1) is 11.6 Å². The molecule has 2 aromatic carbocycles. The highest BCUT2D eigenvalue weighted by Crippen LogP contribution is 2.33. The smallest absolute Gasteiger partial charge is 0.335 e. The second-order valence-corrected chi connectivity index (χ2v) is 9.19. The number of ether oxygens (including phenoxy) is 1. The highest BCUT2D eigenvalue weighted by Gasteiger charge is 2.40. The maximum absolute atomic E-state index is 13.0. The highest BCUT2D eigenvalue weighted by molar-refractivity contribution is 6.30. The topological polar surface area (TPSA) is 78.9 Å². The molecule has 0 radical (unpaired) electrons. The zero-order valence-electron chi connectivity index (χ0n) is 19.5. The van der Waals surface area contributed by atoms with Crippen LogP contribution in [0.5, 0.6) is 5.75 Å². The van der Waals surface area contributed by atoms with Gasteiger partial charge in [-0.2, -0.15) is 0 Å². The summed E-state index contributed by atoms with van der Waals surface area (Å²) >= 11 is 6.08. The van der Waals surface area contributed by atoms with Gasteiger partial charge in [-0.25, -0.2) is 4.79 Å². The van der Waals surface area contributed by atoms with Crippen LogP contribution in [0.25, 0.3) is 0 Å². The second-order valence-electron chi connectivity index (χ2n) is 8.76. The van der Waals surface area contributed by atoms with Crippen LogP contribution in [0.15, 0.2) is 48.5 Å². The minimum Gasteiger partial charge on any atom is -0.489 e. The lowest BCUT2D eigenvalue weighted by atomic mass is 9.86. The van der Waals surface area contributed by atoms with E-state index in [0.29, 0.717) is 11.4 Å². The molecule has 0 unspecified atom stereocenters. The summed E-state index contributed by atoms with van der Waals surface area (Å²) < 4.78 is 6.16. The Morgan fingerprint density at radius 1 is 1.21 bits per heavy atom. The molecule has 6 nitrogen and oxygen atoms in total. The van der Waals surface area contributed by atoms with Crippen molar-refractivity contribution in [3.05, 3.63) is 64.7 Å². The minimum atomic E-state index is -0.961. The Morgan fingerprint density at radius 2 is 1.91 bits per heavy atom. The number of carbonyl (C=O) groups is 2. The molecule has 1 aliphatic heterocycles. The standard InChI is InChI=1S/C26H33ClN2O4/c1-4-26(5-2,29-14-13-23(17-29)33-22-8-6-7-21(27)15-22)16-24(30)28-18(3)19-9-11-20(12-10-19)25(31)32/h6-12,15,18,23H,4-5,13-14,16-17H2,1-3H3,(H,28,30)(H,31,32)/t18-,23+/m0/s1. The van der Waals surface area contributed by atoms with Crippen LogP contribution in [-0.4, -0.2) is 46.6 Å². The van der Waals surface area contributed by atoms with E-state index in [1.165, 1.54) is 0 Å². The van der Waals surface area contributed by atoms with Crippen LogP contribution in [-0.2, 0) is 4.79 Å². The molecule has 1 heterocycles. The quantitative estimate of drug-likeness (QED) is 0.489. The number of hydrogen-bond acceptors (Lipinski definition) is 4. The van der Waals surface area contributed by atoms with Crippen molar-refractivity contribution in [3.8, 4) is 5.75 Å². The molecule has 2 N–H and O–H groups in total. The molecular formula is C26H33ClN2O4. The Balaban J connectivity index is 1.61. The summed E-state index contributed by atoms with van der Waals surface area (Å²) in [6.07, 6.45) is 3.10. The number of likely N-dealkylation sites (tertiary alicyclic amines) is 1. The first-order valence-electron chi connectivity index (χ1n) is 11.6. The fraction of sp³-hybridized carbons (Fsp3) is 0.462. The number of hydrogen-bond donors (Lipinski definition) is 2. The molecule has 1 fully saturated rings. The number of carboxylic acid groups (broad SMARTS) is 1. The molecule has 1 aliphatic rings. The molecule has 0 aliphatic carbocycles. The molecule has 0 bridgehead atoms.